The largest absolute Gasteiger partial charge is 0.329 e. The Balaban J connectivity index is 2.09. The Morgan fingerprint density at radius 2 is 2.11 bits per heavy atom. The Bertz CT molecular complexity index is 393. The fourth-order valence-electron chi connectivity index (χ4n) is 2.95. The van der Waals surface area contributed by atoms with Crippen molar-refractivity contribution >= 4 is 11.6 Å². The topological polar surface area (TPSA) is 32.5 Å². The third-order valence-electron chi connectivity index (χ3n) is 4.15. The lowest BCUT2D eigenvalue weighted by atomic mass is 9.99. The summed E-state index contributed by atoms with van der Waals surface area (Å²) in [5.74, 6) is 0. The van der Waals surface area contributed by atoms with Gasteiger partial charge in [-0.05, 0) is 51.2 Å². The lowest BCUT2D eigenvalue weighted by molar-refractivity contribution is 0.101. The van der Waals surface area contributed by atoms with E-state index in [9.17, 15) is 0 Å². The molecule has 1 saturated heterocycles. The van der Waals surface area contributed by atoms with Gasteiger partial charge < -0.3 is 10.6 Å². The molecule has 0 saturated carbocycles. The predicted molar refractivity (Wildman–Crippen MR) is 81.5 cm³/mol. The Kier molecular flexibility index (Phi) is 5.22. The minimum absolute atomic E-state index is 0.272. The van der Waals surface area contributed by atoms with Crippen LogP contribution in [0.2, 0.25) is 5.02 Å². The summed E-state index contributed by atoms with van der Waals surface area (Å²) < 4.78 is 0. The Labute approximate surface area is 121 Å². The molecule has 0 radical (unpaired) electrons. The monoisotopic (exact) mass is 281 g/mol. The van der Waals surface area contributed by atoms with Gasteiger partial charge >= 0.3 is 0 Å². The number of halogens is 1. The first-order valence-corrected chi connectivity index (χ1v) is 7.35. The third-order valence-corrected chi connectivity index (χ3v) is 4.40. The zero-order chi connectivity index (χ0) is 13.8. The highest BCUT2D eigenvalue weighted by molar-refractivity contribution is 6.30. The van der Waals surface area contributed by atoms with Crippen molar-refractivity contribution in [1.82, 2.24) is 9.80 Å². The maximum atomic E-state index is 6.00. The summed E-state index contributed by atoms with van der Waals surface area (Å²) in [5.41, 5.74) is 7.25. The standard InChI is InChI=1S/C15H24ClN3/c1-18-9-3-4-14(11-18)19(2)15(10-17)12-5-7-13(16)8-6-12/h5-8,14-15H,3-4,9-11,17H2,1-2H3. The fourth-order valence-corrected chi connectivity index (χ4v) is 3.07. The summed E-state index contributed by atoms with van der Waals surface area (Å²) in [5, 5.41) is 0.777. The molecule has 2 rings (SSSR count). The molecule has 19 heavy (non-hydrogen) atoms. The van der Waals surface area contributed by atoms with Crippen molar-refractivity contribution in [2.45, 2.75) is 24.9 Å². The molecule has 3 nitrogen and oxygen atoms in total. The minimum Gasteiger partial charge on any atom is -0.329 e. The maximum Gasteiger partial charge on any atom is 0.0470 e. The van der Waals surface area contributed by atoms with Gasteiger partial charge in [0.15, 0.2) is 0 Å². The van der Waals surface area contributed by atoms with Gasteiger partial charge in [-0.25, -0.2) is 0 Å². The van der Waals surface area contributed by atoms with E-state index in [4.69, 9.17) is 17.3 Å². The molecule has 1 aromatic rings. The Morgan fingerprint density at radius 3 is 2.68 bits per heavy atom. The van der Waals surface area contributed by atoms with E-state index in [0.717, 1.165) is 11.6 Å². The lowest BCUT2D eigenvalue weighted by Crippen LogP contribution is -2.47. The van der Waals surface area contributed by atoms with Crippen LogP contribution >= 0.6 is 11.6 Å². The quantitative estimate of drug-likeness (QED) is 0.920. The summed E-state index contributed by atoms with van der Waals surface area (Å²) in [6.07, 6.45) is 2.52. The summed E-state index contributed by atoms with van der Waals surface area (Å²) in [4.78, 5) is 4.83. The molecule has 0 amide bonds. The normalized spacial score (nSPS) is 22.7. The first kappa shape index (κ1) is 14.8. The van der Waals surface area contributed by atoms with E-state index >= 15 is 0 Å². The van der Waals surface area contributed by atoms with Crippen molar-refractivity contribution in [3.63, 3.8) is 0 Å². The second kappa shape index (κ2) is 6.71. The molecule has 0 spiro atoms. The zero-order valence-corrected chi connectivity index (χ0v) is 12.6. The van der Waals surface area contributed by atoms with E-state index in [1.54, 1.807) is 0 Å². The van der Waals surface area contributed by atoms with Gasteiger partial charge in [-0.1, -0.05) is 23.7 Å². The molecule has 0 aromatic heterocycles. The Morgan fingerprint density at radius 1 is 1.42 bits per heavy atom. The van der Waals surface area contributed by atoms with Crippen LogP contribution < -0.4 is 5.73 Å². The number of likely N-dealkylation sites (N-methyl/N-ethyl adjacent to an activating group) is 2. The van der Waals surface area contributed by atoms with Gasteiger partial charge in [0.2, 0.25) is 0 Å². The van der Waals surface area contributed by atoms with E-state index in [1.165, 1.54) is 24.9 Å². The molecule has 1 fully saturated rings. The third kappa shape index (κ3) is 3.69. The second-order valence-electron chi connectivity index (χ2n) is 5.53. The average Bonchev–Trinajstić information content (AvgIpc) is 2.41. The van der Waals surface area contributed by atoms with Crippen LogP contribution in [0.25, 0.3) is 0 Å². The lowest BCUT2D eigenvalue weighted by Gasteiger charge is -2.40. The number of rotatable bonds is 4. The molecular weight excluding hydrogens is 258 g/mol. The van der Waals surface area contributed by atoms with Crippen LogP contribution in [-0.2, 0) is 0 Å². The second-order valence-corrected chi connectivity index (χ2v) is 5.96. The smallest absolute Gasteiger partial charge is 0.0470 e. The van der Waals surface area contributed by atoms with E-state index in [1.807, 2.05) is 12.1 Å². The van der Waals surface area contributed by atoms with Crippen molar-refractivity contribution in [3.05, 3.63) is 34.9 Å². The summed E-state index contributed by atoms with van der Waals surface area (Å²) in [6, 6.07) is 8.92. The number of likely N-dealkylation sites (tertiary alicyclic amines) is 1. The first-order chi connectivity index (χ1) is 9.11. The highest BCUT2D eigenvalue weighted by Gasteiger charge is 2.26. The van der Waals surface area contributed by atoms with Gasteiger partial charge in [-0.2, -0.15) is 0 Å². The fraction of sp³-hybridized carbons (Fsp3) is 0.600. The van der Waals surface area contributed by atoms with E-state index < -0.39 is 0 Å². The number of hydrogen-bond donors (Lipinski definition) is 1. The molecule has 1 aliphatic heterocycles. The van der Waals surface area contributed by atoms with Crippen LogP contribution in [0.1, 0.15) is 24.4 Å². The van der Waals surface area contributed by atoms with Gasteiger partial charge in [-0.3, -0.25) is 4.90 Å². The molecule has 2 atom stereocenters. The molecule has 1 heterocycles. The maximum absolute atomic E-state index is 6.00. The molecule has 1 aromatic carbocycles. The average molecular weight is 282 g/mol. The van der Waals surface area contributed by atoms with Crippen LogP contribution in [-0.4, -0.2) is 49.6 Å². The Hall–Kier alpha value is -0.610. The first-order valence-electron chi connectivity index (χ1n) is 6.98. The predicted octanol–water partition coefficient (Wildman–Crippen LogP) is 2.37. The van der Waals surface area contributed by atoms with E-state index in [0.29, 0.717) is 12.6 Å². The zero-order valence-electron chi connectivity index (χ0n) is 11.8. The number of benzene rings is 1. The number of hydrogen-bond acceptors (Lipinski definition) is 3. The van der Waals surface area contributed by atoms with Crippen molar-refractivity contribution in [2.24, 2.45) is 5.73 Å². The number of piperidine rings is 1. The van der Waals surface area contributed by atoms with Crippen molar-refractivity contribution in [2.75, 3.05) is 33.7 Å². The molecule has 2 unspecified atom stereocenters. The van der Waals surface area contributed by atoms with Crippen molar-refractivity contribution < 1.29 is 0 Å². The van der Waals surface area contributed by atoms with Crippen molar-refractivity contribution in [3.8, 4) is 0 Å². The van der Waals surface area contributed by atoms with E-state index in [-0.39, 0.29) is 6.04 Å². The van der Waals surface area contributed by atoms with Crippen molar-refractivity contribution in [1.29, 1.82) is 0 Å². The van der Waals surface area contributed by atoms with Gasteiger partial charge in [-0.15, -0.1) is 0 Å². The van der Waals surface area contributed by atoms with Gasteiger partial charge in [0.1, 0.15) is 0 Å². The summed E-state index contributed by atoms with van der Waals surface area (Å²) >= 11 is 5.96. The van der Waals surface area contributed by atoms with Gasteiger partial charge in [0.05, 0.1) is 0 Å². The van der Waals surface area contributed by atoms with Gasteiger partial charge in [0.25, 0.3) is 0 Å². The molecule has 1 aliphatic rings. The van der Waals surface area contributed by atoms with E-state index in [2.05, 4.69) is 36.0 Å². The minimum atomic E-state index is 0.272. The summed E-state index contributed by atoms with van der Waals surface area (Å²) in [6.45, 7) is 2.97. The molecule has 2 N–H and O–H groups in total. The molecule has 4 heteroatoms. The summed E-state index contributed by atoms with van der Waals surface area (Å²) in [7, 11) is 4.38. The van der Waals surface area contributed by atoms with Crippen LogP contribution in [0.5, 0.6) is 0 Å². The molecule has 106 valence electrons. The van der Waals surface area contributed by atoms with Crippen LogP contribution in [0.3, 0.4) is 0 Å². The van der Waals surface area contributed by atoms with Crippen LogP contribution in [0, 0.1) is 0 Å². The molecule has 0 aliphatic carbocycles. The van der Waals surface area contributed by atoms with Crippen LogP contribution in [0.15, 0.2) is 24.3 Å². The van der Waals surface area contributed by atoms with Gasteiger partial charge in [0, 0.05) is 30.2 Å². The number of nitrogens with zero attached hydrogens (tertiary/aromatic N) is 2. The highest BCUT2D eigenvalue weighted by Crippen LogP contribution is 2.25. The number of nitrogens with two attached hydrogens (primary N) is 1. The molecular formula is C15H24ClN3. The van der Waals surface area contributed by atoms with Crippen LogP contribution in [0.4, 0.5) is 0 Å². The highest BCUT2D eigenvalue weighted by atomic mass is 35.5. The SMILES string of the molecule is CN1CCCC(N(C)C(CN)c2ccc(Cl)cc2)C1. The molecule has 0 bridgehead atoms.